The van der Waals surface area contributed by atoms with Crippen LogP contribution in [0.1, 0.15) is 12.8 Å². The van der Waals surface area contributed by atoms with Gasteiger partial charge in [0.15, 0.2) is 0 Å². The molecule has 0 aromatic heterocycles. The van der Waals surface area contributed by atoms with Crippen LogP contribution in [0.4, 0.5) is 0 Å². The summed E-state index contributed by atoms with van der Waals surface area (Å²) < 4.78 is 0. The number of carbonyl (C=O) groups excluding carboxylic acids is 4. The van der Waals surface area contributed by atoms with Crippen molar-refractivity contribution in [2.24, 2.45) is 0 Å². The predicted molar refractivity (Wildman–Crippen MR) is 44.6 cm³/mol. The van der Waals surface area contributed by atoms with Crippen LogP contribution in [0.5, 0.6) is 0 Å². The second-order valence-electron chi connectivity index (χ2n) is 3.39. The van der Waals surface area contributed by atoms with Crippen LogP contribution < -0.4 is 139 Å². The fraction of sp³-hybridized carbons (Fsp3) is 0.556. The molecule has 0 amide bonds. The number of carboxylic acids is 4. The van der Waals surface area contributed by atoms with E-state index in [1.165, 1.54) is 0 Å². The van der Waals surface area contributed by atoms with Gasteiger partial charge in [-0.05, 0) is 12.8 Å². The molecule has 0 bridgehead atoms. The van der Waals surface area contributed by atoms with Crippen LogP contribution in [0.15, 0.2) is 0 Å². The number of nitrogens with zero attached hydrogens (tertiary/aromatic N) is 1. The molecule has 1 atom stereocenters. The molecule has 0 radical (unpaired) electrons. The summed E-state index contributed by atoms with van der Waals surface area (Å²) in [4.78, 5) is 42.1. The largest absolute Gasteiger partial charge is 1.00 e. The van der Waals surface area contributed by atoms with E-state index < -0.39 is 55.9 Å². The van der Waals surface area contributed by atoms with E-state index in [1.54, 1.807) is 0 Å². The van der Waals surface area contributed by atoms with E-state index in [9.17, 15) is 39.6 Å². The molecule has 9 nitrogen and oxygen atoms in total. The van der Waals surface area contributed by atoms with E-state index in [1.807, 2.05) is 0 Å². The summed E-state index contributed by atoms with van der Waals surface area (Å²) >= 11 is 0. The molecule has 0 aliphatic rings. The van der Waals surface area contributed by atoms with Gasteiger partial charge in [-0.25, -0.2) is 0 Å². The van der Waals surface area contributed by atoms with Crippen LogP contribution in [-0.2, 0) is 19.2 Å². The molecule has 0 aliphatic carbocycles. The van der Waals surface area contributed by atoms with Crippen molar-refractivity contribution in [2.45, 2.75) is 18.9 Å². The monoisotopic (exact) mass is 351 g/mol. The molecule has 22 heavy (non-hydrogen) atoms. The number of carboxylic acid groups (broad SMARTS) is 4. The summed E-state index contributed by atoms with van der Waals surface area (Å²) in [6.07, 6.45) is -1.24. The Labute approximate surface area is 215 Å². The van der Waals surface area contributed by atoms with Gasteiger partial charge in [0.05, 0.1) is 23.9 Å². The number of aliphatic carboxylic acids is 4. The normalized spacial score (nSPS) is 9.86. The van der Waals surface area contributed by atoms with Crippen molar-refractivity contribution in [1.29, 1.82) is 0 Å². The topological polar surface area (TPSA) is 164 Å². The van der Waals surface area contributed by atoms with E-state index in [-0.39, 0.29) is 118 Å². The van der Waals surface area contributed by atoms with Gasteiger partial charge >= 0.3 is 118 Å². The van der Waals surface area contributed by atoms with E-state index in [2.05, 4.69) is 0 Å². The number of carbonyl (C=O) groups is 4. The van der Waals surface area contributed by atoms with Gasteiger partial charge in [0.2, 0.25) is 0 Å². The molecule has 0 spiro atoms. The van der Waals surface area contributed by atoms with Crippen molar-refractivity contribution < 1.29 is 158 Å². The molecule has 13 heteroatoms. The van der Waals surface area contributed by atoms with Crippen LogP contribution in [0.25, 0.3) is 0 Å². The SMILES string of the molecule is O=C([O-])CCC(C(=O)[O-])N(CC(=O)[O-])CC(=O)[O-].[Na+].[Na+].[Na+].[Na+]. The van der Waals surface area contributed by atoms with E-state index in [4.69, 9.17) is 0 Å². The Morgan fingerprint density at radius 1 is 0.727 bits per heavy atom. The first kappa shape index (κ1) is 35.0. The molecule has 0 rings (SSSR count). The third kappa shape index (κ3) is 18.2. The van der Waals surface area contributed by atoms with Gasteiger partial charge in [0.25, 0.3) is 0 Å². The maximum absolute atomic E-state index is 10.7. The number of hydrogen-bond acceptors (Lipinski definition) is 9. The van der Waals surface area contributed by atoms with E-state index in [0.29, 0.717) is 4.90 Å². The molecule has 1 unspecified atom stereocenters. The smallest absolute Gasteiger partial charge is 0.550 e. The maximum atomic E-state index is 10.7. The minimum absolute atomic E-state index is 0. The van der Waals surface area contributed by atoms with Gasteiger partial charge in [0.1, 0.15) is 0 Å². The zero-order valence-electron chi connectivity index (χ0n) is 13.1. The summed E-state index contributed by atoms with van der Waals surface area (Å²) in [6.45, 7) is -2.00. The Kier molecular flexibility index (Phi) is 30.5. The molecular formula is C9H9NNa4O8. The zero-order chi connectivity index (χ0) is 14.3. The second-order valence-corrected chi connectivity index (χ2v) is 3.39. The van der Waals surface area contributed by atoms with Crippen molar-refractivity contribution in [3.63, 3.8) is 0 Å². The summed E-state index contributed by atoms with van der Waals surface area (Å²) in [7, 11) is 0. The van der Waals surface area contributed by atoms with Gasteiger partial charge in [0, 0.05) is 19.1 Å². The minimum Gasteiger partial charge on any atom is -0.550 e. The van der Waals surface area contributed by atoms with Gasteiger partial charge in [-0.3, -0.25) is 4.90 Å². The first-order valence-electron chi connectivity index (χ1n) is 4.78. The van der Waals surface area contributed by atoms with E-state index in [0.717, 1.165) is 0 Å². The Bertz CT molecular complexity index is 352. The molecule has 0 aromatic rings. The van der Waals surface area contributed by atoms with Crippen LogP contribution in [0, 0.1) is 0 Å². The van der Waals surface area contributed by atoms with Gasteiger partial charge in [-0.2, -0.15) is 0 Å². The first-order chi connectivity index (χ1) is 8.23. The maximum Gasteiger partial charge on any atom is 1.00 e. The molecule has 0 heterocycles. The Morgan fingerprint density at radius 3 is 1.32 bits per heavy atom. The van der Waals surface area contributed by atoms with Crippen molar-refractivity contribution >= 4 is 23.9 Å². The van der Waals surface area contributed by atoms with Crippen molar-refractivity contribution in [3.05, 3.63) is 0 Å². The minimum atomic E-state index is -1.79. The van der Waals surface area contributed by atoms with Crippen molar-refractivity contribution in [2.75, 3.05) is 13.1 Å². The fourth-order valence-corrected chi connectivity index (χ4v) is 1.31. The standard InChI is InChI=1S/C9H13NO8.4Na/c11-6(12)2-1-5(9(17)18)10(3-7(13)14)4-8(15)16;;;;/h5H,1-4H2,(H,11,12)(H,13,14)(H,15,16)(H,17,18);;;;/q;4*+1/p-4. The summed E-state index contributed by atoms with van der Waals surface area (Å²) in [5, 5.41) is 41.6. The number of rotatable bonds is 9. The molecule has 102 valence electrons. The van der Waals surface area contributed by atoms with Crippen LogP contribution in [0.2, 0.25) is 0 Å². The number of hydrogen-bond donors (Lipinski definition) is 0. The Morgan fingerprint density at radius 2 is 1.09 bits per heavy atom. The van der Waals surface area contributed by atoms with Crippen LogP contribution in [0.3, 0.4) is 0 Å². The molecule has 0 N–H and O–H groups in total. The average Bonchev–Trinajstić information content (AvgIpc) is 2.14. The van der Waals surface area contributed by atoms with Crippen molar-refractivity contribution in [1.82, 2.24) is 4.90 Å². The second kappa shape index (κ2) is 19.2. The van der Waals surface area contributed by atoms with Gasteiger partial charge in [-0.1, -0.05) is 0 Å². The summed E-state index contributed by atoms with van der Waals surface area (Å²) in [5.41, 5.74) is 0. The van der Waals surface area contributed by atoms with Gasteiger partial charge < -0.3 is 39.6 Å². The predicted octanol–water partition coefficient (Wildman–Crippen LogP) is -18.5. The molecule has 0 saturated carbocycles. The Hall–Kier alpha value is 1.84. The third-order valence-electron chi connectivity index (χ3n) is 2.00. The summed E-state index contributed by atoms with van der Waals surface area (Å²) in [5.74, 6) is -6.77. The zero-order valence-corrected chi connectivity index (χ0v) is 21.1. The first-order valence-corrected chi connectivity index (χ1v) is 4.78. The van der Waals surface area contributed by atoms with E-state index >= 15 is 0 Å². The van der Waals surface area contributed by atoms with Crippen molar-refractivity contribution in [3.8, 4) is 0 Å². The van der Waals surface area contributed by atoms with Crippen LogP contribution in [-0.4, -0.2) is 47.9 Å². The molecule has 0 fully saturated rings. The summed E-state index contributed by atoms with van der Waals surface area (Å²) in [6, 6.07) is -1.70. The van der Waals surface area contributed by atoms with Gasteiger partial charge in [-0.15, -0.1) is 0 Å². The average molecular weight is 351 g/mol. The molecule has 0 saturated heterocycles. The molecule has 0 aromatic carbocycles. The molecule has 0 aliphatic heterocycles. The van der Waals surface area contributed by atoms with Crippen LogP contribution >= 0.6 is 0 Å². The third-order valence-corrected chi connectivity index (χ3v) is 2.00. The fourth-order valence-electron chi connectivity index (χ4n) is 1.31. The Balaban J connectivity index is -0.000000241. The molecular weight excluding hydrogens is 342 g/mol. The quantitative estimate of drug-likeness (QED) is 0.367.